The molecule has 0 aromatic carbocycles. The Labute approximate surface area is 103 Å². The van der Waals surface area contributed by atoms with Gasteiger partial charge in [-0.15, -0.1) is 0 Å². The molecular weight excluding hydrogens is 222 g/mol. The molecule has 0 aromatic rings. The summed E-state index contributed by atoms with van der Waals surface area (Å²) in [5, 5.41) is 11.9. The van der Waals surface area contributed by atoms with Gasteiger partial charge in [0.2, 0.25) is 5.91 Å². The molecule has 6 nitrogen and oxygen atoms in total. The van der Waals surface area contributed by atoms with Crippen LogP contribution >= 0.6 is 0 Å². The number of nitrogens with one attached hydrogen (secondary N) is 1. The molecule has 1 fully saturated rings. The lowest BCUT2D eigenvalue weighted by atomic mass is 10.3. The third-order valence-electron chi connectivity index (χ3n) is 2.90. The van der Waals surface area contributed by atoms with Crippen LogP contribution in [-0.2, 0) is 9.53 Å². The summed E-state index contributed by atoms with van der Waals surface area (Å²) < 4.78 is 4.89. The largest absolute Gasteiger partial charge is 0.395 e. The normalized spacial score (nSPS) is 17.4. The first-order valence-corrected chi connectivity index (χ1v) is 6.08. The lowest BCUT2D eigenvalue weighted by Gasteiger charge is -2.34. The highest BCUT2D eigenvalue weighted by Crippen LogP contribution is 2.01. The highest BCUT2D eigenvalue weighted by molar-refractivity contribution is 5.78. The fraction of sp³-hybridized carbons (Fsp3) is 0.909. The predicted octanol–water partition coefficient (Wildman–Crippen LogP) is -1.64. The van der Waals surface area contributed by atoms with Crippen LogP contribution in [0.3, 0.4) is 0 Å². The number of aliphatic hydroxyl groups excluding tert-OH is 1. The van der Waals surface area contributed by atoms with E-state index in [9.17, 15) is 4.79 Å². The molecule has 0 aliphatic carbocycles. The van der Waals surface area contributed by atoms with E-state index in [0.717, 1.165) is 26.2 Å². The van der Waals surface area contributed by atoms with Crippen LogP contribution in [0.5, 0.6) is 0 Å². The number of piperazine rings is 1. The minimum atomic E-state index is 0.143. The molecule has 0 saturated carbocycles. The minimum Gasteiger partial charge on any atom is -0.395 e. The average molecular weight is 245 g/mol. The molecule has 0 atom stereocenters. The second kappa shape index (κ2) is 8.41. The zero-order valence-corrected chi connectivity index (χ0v) is 10.5. The third-order valence-corrected chi connectivity index (χ3v) is 2.90. The highest BCUT2D eigenvalue weighted by atomic mass is 16.5. The highest BCUT2D eigenvalue weighted by Gasteiger charge is 2.19. The number of β-amino-alcohol motifs (C(OH)–C–C–N with tert-alkyl or cyclic N) is 1. The van der Waals surface area contributed by atoms with Gasteiger partial charge in [0.15, 0.2) is 0 Å². The lowest BCUT2D eigenvalue weighted by Crippen LogP contribution is -2.51. The van der Waals surface area contributed by atoms with E-state index in [1.807, 2.05) is 4.90 Å². The lowest BCUT2D eigenvalue weighted by molar-refractivity contribution is -0.132. The standard InChI is InChI=1S/C11H23N3O3/c1-17-9-2-12-10-11(16)14-5-3-13(4-6-14)7-8-15/h12,15H,2-10H2,1H3. The number of hydrogen-bond donors (Lipinski definition) is 2. The summed E-state index contributed by atoms with van der Waals surface area (Å²) in [6.07, 6.45) is 0. The van der Waals surface area contributed by atoms with Crippen molar-refractivity contribution in [3.8, 4) is 0 Å². The Balaban J connectivity index is 2.12. The predicted molar refractivity (Wildman–Crippen MR) is 64.9 cm³/mol. The first-order valence-electron chi connectivity index (χ1n) is 6.08. The van der Waals surface area contributed by atoms with Gasteiger partial charge in [0.1, 0.15) is 0 Å². The van der Waals surface area contributed by atoms with Crippen LogP contribution < -0.4 is 5.32 Å². The van der Waals surface area contributed by atoms with Crippen LogP contribution in [0.2, 0.25) is 0 Å². The van der Waals surface area contributed by atoms with Crippen molar-refractivity contribution in [3.05, 3.63) is 0 Å². The SMILES string of the molecule is COCCNCC(=O)N1CCN(CCO)CC1. The average Bonchev–Trinajstić information content (AvgIpc) is 2.36. The molecule has 17 heavy (non-hydrogen) atoms. The van der Waals surface area contributed by atoms with Crippen LogP contribution in [0.4, 0.5) is 0 Å². The van der Waals surface area contributed by atoms with E-state index >= 15 is 0 Å². The summed E-state index contributed by atoms with van der Waals surface area (Å²) >= 11 is 0. The third kappa shape index (κ3) is 5.45. The van der Waals surface area contributed by atoms with Crippen LogP contribution in [-0.4, -0.2) is 87.0 Å². The zero-order chi connectivity index (χ0) is 12.5. The van der Waals surface area contributed by atoms with Crippen molar-refractivity contribution < 1.29 is 14.6 Å². The number of hydrogen-bond acceptors (Lipinski definition) is 5. The molecule has 1 heterocycles. The van der Waals surface area contributed by atoms with Gasteiger partial charge in [-0.1, -0.05) is 0 Å². The first-order chi connectivity index (χ1) is 8.27. The van der Waals surface area contributed by atoms with Gasteiger partial charge in [0, 0.05) is 46.4 Å². The minimum absolute atomic E-state index is 0.143. The number of nitrogens with zero attached hydrogens (tertiary/aromatic N) is 2. The maximum absolute atomic E-state index is 11.8. The van der Waals surface area contributed by atoms with E-state index in [1.54, 1.807) is 7.11 Å². The molecule has 0 radical (unpaired) electrons. The van der Waals surface area contributed by atoms with Crippen molar-refractivity contribution >= 4 is 5.91 Å². The molecule has 2 N–H and O–H groups in total. The van der Waals surface area contributed by atoms with Crippen LogP contribution in [0.1, 0.15) is 0 Å². The topological polar surface area (TPSA) is 65.0 Å². The summed E-state index contributed by atoms with van der Waals surface area (Å²) in [4.78, 5) is 15.8. The van der Waals surface area contributed by atoms with Gasteiger partial charge < -0.3 is 20.1 Å². The first kappa shape index (κ1) is 14.4. The summed E-state index contributed by atoms with van der Waals surface area (Å²) in [5.41, 5.74) is 0. The van der Waals surface area contributed by atoms with Gasteiger partial charge in [-0.3, -0.25) is 9.69 Å². The summed E-state index contributed by atoms with van der Waals surface area (Å²) in [7, 11) is 1.64. The molecular formula is C11H23N3O3. The molecule has 1 aliphatic rings. The molecule has 0 spiro atoms. The van der Waals surface area contributed by atoms with Gasteiger partial charge >= 0.3 is 0 Å². The summed E-state index contributed by atoms with van der Waals surface area (Å²) in [5.74, 6) is 0.143. The van der Waals surface area contributed by atoms with Crippen LogP contribution in [0.15, 0.2) is 0 Å². The van der Waals surface area contributed by atoms with E-state index in [-0.39, 0.29) is 12.5 Å². The quantitative estimate of drug-likeness (QED) is 0.527. The number of carbonyl (C=O) groups excluding carboxylic acids is 1. The number of aliphatic hydroxyl groups is 1. The van der Waals surface area contributed by atoms with Gasteiger partial charge in [0.05, 0.1) is 19.8 Å². The zero-order valence-electron chi connectivity index (χ0n) is 10.5. The molecule has 1 rings (SSSR count). The van der Waals surface area contributed by atoms with Crippen molar-refractivity contribution in [2.24, 2.45) is 0 Å². The van der Waals surface area contributed by atoms with Crippen LogP contribution in [0, 0.1) is 0 Å². The molecule has 100 valence electrons. The Bertz CT molecular complexity index is 218. The van der Waals surface area contributed by atoms with Crippen molar-refractivity contribution in [1.82, 2.24) is 15.1 Å². The van der Waals surface area contributed by atoms with E-state index < -0.39 is 0 Å². The van der Waals surface area contributed by atoms with E-state index in [4.69, 9.17) is 9.84 Å². The van der Waals surface area contributed by atoms with Crippen molar-refractivity contribution in [1.29, 1.82) is 0 Å². The number of carbonyl (C=O) groups is 1. The maximum Gasteiger partial charge on any atom is 0.236 e. The molecule has 1 saturated heterocycles. The Kier molecular flexibility index (Phi) is 7.11. The van der Waals surface area contributed by atoms with E-state index in [0.29, 0.717) is 26.2 Å². The van der Waals surface area contributed by atoms with Gasteiger partial charge in [-0.05, 0) is 0 Å². The van der Waals surface area contributed by atoms with Gasteiger partial charge in [-0.25, -0.2) is 0 Å². The second-order valence-electron chi connectivity index (χ2n) is 4.12. The Morgan fingerprint density at radius 1 is 1.35 bits per heavy atom. The van der Waals surface area contributed by atoms with Crippen molar-refractivity contribution in [2.45, 2.75) is 0 Å². The van der Waals surface area contributed by atoms with E-state index in [2.05, 4.69) is 10.2 Å². The van der Waals surface area contributed by atoms with Gasteiger partial charge in [0.25, 0.3) is 0 Å². The molecule has 1 aliphatic heterocycles. The summed E-state index contributed by atoms with van der Waals surface area (Å²) in [6.45, 7) is 5.80. The summed E-state index contributed by atoms with van der Waals surface area (Å²) in [6, 6.07) is 0. The maximum atomic E-state index is 11.8. The molecule has 6 heteroatoms. The smallest absolute Gasteiger partial charge is 0.236 e. The molecule has 0 bridgehead atoms. The molecule has 1 amide bonds. The molecule has 0 unspecified atom stereocenters. The number of amides is 1. The van der Waals surface area contributed by atoms with Crippen molar-refractivity contribution in [3.63, 3.8) is 0 Å². The number of ether oxygens (including phenoxy) is 1. The van der Waals surface area contributed by atoms with Gasteiger partial charge in [-0.2, -0.15) is 0 Å². The Hall–Kier alpha value is -0.690. The van der Waals surface area contributed by atoms with E-state index in [1.165, 1.54) is 0 Å². The van der Waals surface area contributed by atoms with Crippen LogP contribution in [0.25, 0.3) is 0 Å². The monoisotopic (exact) mass is 245 g/mol. The van der Waals surface area contributed by atoms with Crippen molar-refractivity contribution in [2.75, 3.05) is 66.1 Å². The fourth-order valence-electron chi connectivity index (χ4n) is 1.84. The fourth-order valence-corrected chi connectivity index (χ4v) is 1.84. The Morgan fingerprint density at radius 2 is 2.06 bits per heavy atom. The second-order valence-corrected chi connectivity index (χ2v) is 4.12. The number of rotatable bonds is 7. The number of methoxy groups -OCH3 is 1. The molecule has 0 aromatic heterocycles. The Morgan fingerprint density at radius 3 is 2.65 bits per heavy atom.